The molecule has 0 saturated carbocycles. The first-order valence-corrected chi connectivity index (χ1v) is 7.19. The SMILES string of the molecule is CC1(C)CSCC(Nc2ccc(C#N)cc2F)C1. The Hall–Kier alpha value is -1.21. The smallest absolute Gasteiger partial charge is 0.147 e. The average Bonchev–Trinajstić information content (AvgIpc) is 2.30. The molecule has 1 aliphatic rings. The molecule has 0 radical (unpaired) electrons. The summed E-state index contributed by atoms with van der Waals surface area (Å²) in [7, 11) is 0. The monoisotopic (exact) mass is 264 g/mol. The van der Waals surface area contributed by atoms with Crippen molar-refractivity contribution in [3.63, 3.8) is 0 Å². The molecule has 1 aromatic carbocycles. The first kappa shape index (κ1) is 13.2. The molecule has 0 aliphatic carbocycles. The minimum atomic E-state index is -0.345. The van der Waals surface area contributed by atoms with Gasteiger partial charge in [0.2, 0.25) is 0 Å². The summed E-state index contributed by atoms with van der Waals surface area (Å²) in [6.45, 7) is 4.48. The van der Waals surface area contributed by atoms with Crippen LogP contribution >= 0.6 is 11.8 Å². The zero-order valence-electron chi connectivity index (χ0n) is 10.7. The van der Waals surface area contributed by atoms with Gasteiger partial charge in [0.05, 0.1) is 17.3 Å². The van der Waals surface area contributed by atoms with Crippen LogP contribution in [0.25, 0.3) is 0 Å². The van der Waals surface area contributed by atoms with Gasteiger partial charge in [-0.15, -0.1) is 0 Å². The fourth-order valence-corrected chi connectivity index (χ4v) is 3.55. The zero-order chi connectivity index (χ0) is 13.2. The number of nitrogens with zero attached hydrogens (tertiary/aromatic N) is 1. The van der Waals surface area contributed by atoms with Gasteiger partial charge in [0, 0.05) is 11.8 Å². The number of benzene rings is 1. The predicted molar refractivity (Wildman–Crippen MR) is 74.2 cm³/mol. The molecule has 1 atom stereocenters. The molecule has 1 unspecified atom stereocenters. The maximum atomic E-state index is 13.8. The van der Waals surface area contributed by atoms with E-state index in [1.807, 2.05) is 17.8 Å². The lowest BCUT2D eigenvalue weighted by atomic mass is 9.88. The van der Waals surface area contributed by atoms with E-state index >= 15 is 0 Å². The molecule has 1 aliphatic heterocycles. The lowest BCUT2D eigenvalue weighted by molar-refractivity contribution is 0.357. The second kappa shape index (κ2) is 5.19. The van der Waals surface area contributed by atoms with Gasteiger partial charge >= 0.3 is 0 Å². The number of nitrogens with one attached hydrogen (secondary N) is 1. The van der Waals surface area contributed by atoms with E-state index in [1.165, 1.54) is 6.07 Å². The molecule has 1 saturated heterocycles. The van der Waals surface area contributed by atoms with Crippen LogP contribution in [0.3, 0.4) is 0 Å². The van der Waals surface area contributed by atoms with Gasteiger partial charge in [0.15, 0.2) is 0 Å². The first-order chi connectivity index (χ1) is 8.50. The van der Waals surface area contributed by atoms with E-state index in [4.69, 9.17) is 5.26 Å². The third-order valence-corrected chi connectivity index (χ3v) is 4.69. The molecule has 96 valence electrons. The number of halogens is 1. The minimum Gasteiger partial charge on any atom is -0.379 e. The van der Waals surface area contributed by atoms with E-state index in [-0.39, 0.29) is 5.82 Å². The number of nitriles is 1. The largest absolute Gasteiger partial charge is 0.379 e. The normalized spacial score (nSPS) is 22.2. The molecular formula is C14H17FN2S. The summed E-state index contributed by atoms with van der Waals surface area (Å²) in [6, 6.07) is 6.81. The van der Waals surface area contributed by atoms with Crippen molar-refractivity contribution in [1.29, 1.82) is 5.26 Å². The van der Waals surface area contributed by atoms with Crippen LogP contribution in [0.1, 0.15) is 25.8 Å². The van der Waals surface area contributed by atoms with Crippen LogP contribution < -0.4 is 5.32 Å². The van der Waals surface area contributed by atoms with E-state index in [2.05, 4.69) is 19.2 Å². The highest BCUT2D eigenvalue weighted by Crippen LogP contribution is 2.35. The standard InChI is InChI=1S/C14H17FN2S/c1-14(2)6-11(8-18-9-14)17-13-4-3-10(7-16)5-12(13)15/h3-5,11,17H,6,8-9H2,1-2H3. The molecule has 1 heterocycles. The fourth-order valence-electron chi connectivity index (χ4n) is 2.28. The van der Waals surface area contributed by atoms with Crippen molar-refractivity contribution < 1.29 is 4.39 Å². The van der Waals surface area contributed by atoms with Gasteiger partial charge in [-0.05, 0) is 35.8 Å². The second-order valence-corrected chi connectivity index (χ2v) is 6.56. The zero-order valence-corrected chi connectivity index (χ0v) is 11.5. The van der Waals surface area contributed by atoms with E-state index in [1.54, 1.807) is 12.1 Å². The summed E-state index contributed by atoms with van der Waals surface area (Å²) in [5.74, 6) is 1.81. The van der Waals surface area contributed by atoms with Crippen LogP contribution in [0, 0.1) is 22.6 Å². The van der Waals surface area contributed by atoms with Crippen LogP contribution in [0.4, 0.5) is 10.1 Å². The van der Waals surface area contributed by atoms with Crippen LogP contribution in [0.15, 0.2) is 18.2 Å². The van der Waals surface area contributed by atoms with Crippen LogP contribution in [0.5, 0.6) is 0 Å². The van der Waals surface area contributed by atoms with E-state index < -0.39 is 0 Å². The van der Waals surface area contributed by atoms with Crippen molar-refractivity contribution in [1.82, 2.24) is 0 Å². The Morgan fingerprint density at radius 1 is 1.50 bits per heavy atom. The summed E-state index contributed by atoms with van der Waals surface area (Å²) in [5.41, 5.74) is 1.15. The minimum absolute atomic E-state index is 0.293. The molecule has 1 aromatic rings. The summed E-state index contributed by atoms with van der Waals surface area (Å²) in [6.07, 6.45) is 1.04. The van der Waals surface area contributed by atoms with Crippen molar-refractivity contribution in [2.75, 3.05) is 16.8 Å². The highest BCUT2D eigenvalue weighted by Gasteiger charge is 2.28. The van der Waals surface area contributed by atoms with Gasteiger partial charge in [0.1, 0.15) is 5.82 Å². The molecule has 0 amide bonds. The van der Waals surface area contributed by atoms with E-state index in [9.17, 15) is 4.39 Å². The van der Waals surface area contributed by atoms with Crippen molar-refractivity contribution in [3.05, 3.63) is 29.6 Å². The Bertz CT molecular complexity index is 479. The quantitative estimate of drug-likeness (QED) is 0.885. The summed E-state index contributed by atoms with van der Waals surface area (Å²) >= 11 is 1.91. The van der Waals surface area contributed by atoms with Gasteiger partial charge in [-0.1, -0.05) is 13.8 Å². The molecule has 4 heteroatoms. The number of thioether (sulfide) groups is 1. The lowest BCUT2D eigenvalue weighted by Crippen LogP contribution is -2.35. The first-order valence-electron chi connectivity index (χ1n) is 6.04. The number of rotatable bonds is 2. The lowest BCUT2D eigenvalue weighted by Gasteiger charge is -2.35. The van der Waals surface area contributed by atoms with Crippen molar-refractivity contribution in [2.24, 2.45) is 5.41 Å². The summed E-state index contributed by atoms with van der Waals surface area (Å²) < 4.78 is 13.8. The molecule has 2 nitrogen and oxygen atoms in total. The molecule has 1 fully saturated rings. The van der Waals surface area contributed by atoms with Crippen LogP contribution in [-0.4, -0.2) is 17.5 Å². The third kappa shape index (κ3) is 3.17. The van der Waals surface area contributed by atoms with E-state index in [0.717, 1.165) is 17.9 Å². The molecule has 1 N–H and O–H groups in total. The summed E-state index contributed by atoms with van der Waals surface area (Å²) in [4.78, 5) is 0. The highest BCUT2D eigenvalue weighted by molar-refractivity contribution is 7.99. The summed E-state index contributed by atoms with van der Waals surface area (Å²) in [5, 5.41) is 12.0. The Kier molecular flexibility index (Phi) is 3.82. The average molecular weight is 264 g/mol. The molecular weight excluding hydrogens is 247 g/mol. The van der Waals surface area contributed by atoms with Crippen molar-refractivity contribution in [2.45, 2.75) is 26.3 Å². The maximum absolute atomic E-state index is 13.8. The van der Waals surface area contributed by atoms with Crippen LogP contribution in [-0.2, 0) is 0 Å². The molecule has 18 heavy (non-hydrogen) atoms. The number of hydrogen-bond acceptors (Lipinski definition) is 3. The molecule has 0 bridgehead atoms. The molecule has 0 spiro atoms. The highest BCUT2D eigenvalue weighted by atomic mass is 32.2. The Labute approximate surface area is 112 Å². The number of anilines is 1. The molecule has 0 aromatic heterocycles. The van der Waals surface area contributed by atoms with Gasteiger partial charge in [-0.25, -0.2) is 4.39 Å². The Balaban J connectivity index is 2.08. The van der Waals surface area contributed by atoms with Gasteiger partial charge in [-0.3, -0.25) is 0 Å². The maximum Gasteiger partial charge on any atom is 0.147 e. The topological polar surface area (TPSA) is 35.8 Å². The fraction of sp³-hybridized carbons (Fsp3) is 0.500. The second-order valence-electron chi connectivity index (χ2n) is 5.53. The van der Waals surface area contributed by atoms with Crippen molar-refractivity contribution >= 4 is 17.4 Å². The third-order valence-electron chi connectivity index (χ3n) is 3.07. The van der Waals surface area contributed by atoms with Gasteiger partial charge in [-0.2, -0.15) is 17.0 Å². The van der Waals surface area contributed by atoms with E-state index in [0.29, 0.717) is 22.7 Å². The Morgan fingerprint density at radius 3 is 2.89 bits per heavy atom. The number of hydrogen-bond donors (Lipinski definition) is 1. The van der Waals surface area contributed by atoms with Crippen molar-refractivity contribution in [3.8, 4) is 6.07 Å². The Morgan fingerprint density at radius 2 is 2.28 bits per heavy atom. The van der Waals surface area contributed by atoms with Crippen LogP contribution in [0.2, 0.25) is 0 Å². The van der Waals surface area contributed by atoms with Gasteiger partial charge < -0.3 is 5.32 Å². The predicted octanol–water partition coefficient (Wildman–Crippen LogP) is 3.64. The van der Waals surface area contributed by atoms with Gasteiger partial charge in [0.25, 0.3) is 0 Å². The molecule has 2 rings (SSSR count).